The van der Waals surface area contributed by atoms with Crippen molar-refractivity contribution in [2.24, 2.45) is 0 Å². The summed E-state index contributed by atoms with van der Waals surface area (Å²) in [5.41, 5.74) is 0. The van der Waals surface area contributed by atoms with E-state index in [4.69, 9.17) is 0 Å². The fourth-order valence-electron chi connectivity index (χ4n) is 0.814. The normalized spacial score (nSPS) is 10.1. The molecule has 2 heteroatoms. The first kappa shape index (κ1) is 20.2. The van der Waals surface area contributed by atoms with Crippen molar-refractivity contribution in [2.45, 2.75) is 66.6 Å². The molecule has 0 heterocycles. The lowest BCUT2D eigenvalue weighted by atomic mass is 10.2. The van der Waals surface area contributed by atoms with Gasteiger partial charge in [0.05, 0.1) is 0 Å². The van der Waals surface area contributed by atoms with Crippen molar-refractivity contribution >= 4 is 17.5 Å². The van der Waals surface area contributed by atoms with Gasteiger partial charge in [-0.15, -0.1) is 11.8 Å². The summed E-state index contributed by atoms with van der Waals surface area (Å²) in [6.07, 6.45) is 1.65. The van der Waals surface area contributed by atoms with Gasteiger partial charge in [0, 0.05) is 11.7 Å². The lowest BCUT2D eigenvalue weighted by molar-refractivity contribution is -0.116. The third-order valence-corrected chi connectivity index (χ3v) is 2.53. The molecular weight excluding hydrogens is 204 g/mol. The Hall–Kier alpha value is -0.240. The van der Waals surface area contributed by atoms with E-state index in [0.717, 1.165) is 6.42 Å². The molecule has 0 saturated carbocycles. The third kappa shape index (κ3) is 20.0. The quantitative estimate of drug-likeness (QED) is 0.659. The zero-order valence-electron chi connectivity index (χ0n) is 11.5. The number of hydrogen-bond acceptors (Lipinski definition) is 2. The van der Waals surface area contributed by atoms with Gasteiger partial charge in [0.2, 0.25) is 0 Å². The molecule has 0 aromatic rings. The Morgan fingerprint density at radius 1 is 1.27 bits per heavy atom. The molecule has 0 aliphatic carbocycles. The van der Waals surface area contributed by atoms with Gasteiger partial charge in [0.1, 0.15) is 5.78 Å². The minimum Gasteiger partial charge on any atom is -0.300 e. The smallest absolute Gasteiger partial charge is 0.130 e. The van der Waals surface area contributed by atoms with E-state index in [1.54, 1.807) is 18.7 Å². The molecule has 92 valence electrons. The van der Waals surface area contributed by atoms with Gasteiger partial charge in [0.25, 0.3) is 0 Å². The van der Waals surface area contributed by atoms with E-state index in [0.29, 0.717) is 11.7 Å². The SMILES string of the molecule is C=C(CC)SC(C)CC(C)=O.CC.CC. The van der Waals surface area contributed by atoms with Crippen molar-refractivity contribution in [1.82, 2.24) is 0 Å². The lowest BCUT2D eigenvalue weighted by Crippen LogP contribution is -2.02. The van der Waals surface area contributed by atoms with E-state index >= 15 is 0 Å². The highest BCUT2D eigenvalue weighted by atomic mass is 32.2. The molecule has 15 heavy (non-hydrogen) atoms. The van der Waals surface area contributed by atoms with E-state index in [-0.39, 0.29) is 5.78 Å². The van der Waals surface area contributed by atoms with Crippen LogP contribution in [0.25, 0.3) is 0 Å². The zero-order valence-corrected chi connectivity index (χ0v) is 12.3. The predicted octanol–water partition coefficient (Wildman–Crippen LogP) is 5.06. The maximum absolute atomic E-state index is 10.7. The van der Waals surface area contributed by atoms with Gasteiger partial charge in [-0.25, -0.2) is 0 Å². The molecule has 1 unspecified atom stereocenters. The second-order valence-electron chi connectivity index (χ2n) is 2.73. The molecule has 0 fully saturated rings. The van der Waals surface area contributed by atoms with Gasteiger partial charge >= 0.3 is 0 Å². The average Bonchev–Trinajstić information content (AvgIpc) is 2.22. The van der Waals surface area contributed by atoms with Crippen LogP contribution in [0.4, 0.5) is 0 Å². The standard InChI is InChI=1S/C9H16OS.2C2H6/c1-5-8(3)11-9(4)6-7(2)10;2*1-2/h9H,3,5-6H2,1-2,4H3;2*1-2H3. The van der Waals surface area contributed by atoms with Crippen LogP contribution in [0, 0.1) is 0 Å². The van der Waals surface area contributed by atoms with Crippen molar-refractivity contribution in [3.8, 4) is 0 Å². The summed E-state index contributed by atoms with van der Waals surface area (Å²) in [6.45, 7) is 17.6. The Morgan fingerprint density at radius 2 is 1.67 bits per heavy atom. The highest BCUT2D eigenvalue weighted by molar-refractivity contribution is 8.03. The summed E-state index contributed by atoms with van der Waals surface area (Å²) in [7, 11) is 0. The van der Waals surface area contributed by atoms with Gasteiger partial charge in [-0.2, -0.15) is 0 Å². The van der Waals surface area contributed by atoms with Gasteiger partial charge in [-0.1, -0.05) is 48.1 Å². The maximum atomic E-state index is 10.7. The first-order chi connectivity index (χ1) is 7.06. The summed E-state index contributed by atoms with van der Waals surface area (Å²) in [6, 6.07) is 0. The molecule has 0 aromatic heterocycles. The number of allylic oxidation sites excluding steroid dienone is 1. The first-order valence-corrected chi connectivity index (χ1v) is 6.78. The fourth-order valence-corrected chi connectivity index (χ4v) is 1.87. The van der Waals surface area contributed by atoms with Gasteiger partial charge in [-0.3, -0.25) is 4.79 Å². The van der Waals surface area contributed by atoms with Crippen molar-refractivity contribution < 1.29 is 4.79 Å². The molecule has 0 spiro atoms. The number of carbonyl (C=O) groups is 1. The highest BCUT2D eigenvalue weighted by Gasteiger charge is 2.06. The molecule has 0 saturated heterocycles. The minimum atomic E-state index is 0.258. The lowest BCUT2D eigenvalue weighted by Gasteiger charge is -2.09. The predicted molar refractivity (Wildman–Crippen MR) is 74.5 cm³/mol. The van der Waals surface area contributed by atoms with Crippen molar-refractivity contribution in [2.75, 3.05) is 0 Å². The van der Waals surface area contributed by atoms with Crippen LogP contribution in [0.2, 0.25) is 0 Å². The van der Waals surface area contributed by atoms with Crippen LogP contribution in [0.15, 0.2) is 11.5 Å². The first-order valence-electron chi connectivity index (χ1n) is 5.90. The third-order valence-electron chi connectivity index (χ3n) is 1.34. The Kier molecular flexibility index (Phi) is 21.8. The monoisotopic (exact) mass is 232 g/mol. The minimum absolute atomic E-state index is 0.258. The largest absolute Gasteiger partial charge is 0.300 e. The molecule has 0 aromatic carbocycles. The summed E-state index contributed by atoms with van der Waals surface area (Å²) in [4.78, 5) is 11.8. The van der Waals surface area contributed by atoms with Gasteiger partial charge < -0.3 is 0 Å². The van der Waals surface area contributed by atoms with E-state index < -0.39 is 0 Å². The topological polar surface area (TPSA) is 17.1 Å². The van der Waals surface area contributed by atoms with Crippen molar-refractivity contribution in [1.29, 1.82) is 0 Å². The molecule has 0 bridgehead atoms. The summed E-state index contributed by atoms with van der Waals surface area (Å²) in [5.74, 6) is 0.258. The molecule has 0 amide bonds. The highest BCUT2D eigenvalue weighted by Crippen LogP contribution is 2.24. The molecule has 0 N–H and O–H groups in total. The zero-order chi connectivity index (χ0) is 12.9. The van der Waals surface area contributed by atoms with Gasteiger partial charge in [0.15, 0.2) is 0 Å². The van der Waals surface area contributed by atoms with Crippen LogP contribution in [0.5, 0.6) is 0 Å². The number of ketones is 1. The summed E-state index contributed by atoms with van der Waals surface area (Å²) < 4.78 is 0. The van der Waals surface area contributed by atoms with Crippen LogP contribution >= 0.6 is 11.8 Å². The van der Waals surface area contributed by atoms with Crippen LogP contribution in [-0.4, -0.2) is 11.0 Å². The summed E-state index contributed by atoms with van der Waals surface area (Å²) in [5, 5.41) is 0.389. The second-order valence-corrected chi connectivity index (χ2v) is 4.34. The van der Waals surface area contributed by atoms with Crippen molar-refractivity contribution in [3.05, 3.63) is 11.5 Å². The second kappa shape index (κ2) is 16.2. The van der Waals surface area contributed by atoms with Crippen molar-refractivity contribution in [3.63, 3.8) is 0 Å². The van der Waals surface area contributed by atoms with Gasteiger partial charge in [-0.05, 0) is 18.2 Å². The van der Waals surface area contributed by atoms with Crippen LogP contribution < -0.4 is 0 Å². The number of rotatable bonds is 5. The number of Topliss-reactive ketones (excluding diaryl/α,β-unsaturated/α-hetero) is 1. The van der Waals surface area contributed by atoms with Crippen LogP contribution in [0.3, 0.4) is 0 Å². The molecule has 0 rings (SSSR count). The maximum Gasteiger partial charge on any atom is 0.130 e. The van der Waals surface area contributed by atoms with E-state index in [1.165, 1.54) is 4.91 Å². The Morgan fingerprint density at radius 3 is 1.93 bits per heavy atom. The molecule has 1 nitrogen and oxygen atoms in total. The summed E-state index contributed by atoms with van der Waals surface area (Å²) >= 11 is 1.71. The molecular formula is C13H28OS. The fraction of sp³-hybridized carbons (Fsp3) is 0.769. The number of thioether (sulfide) groups is 1. The van der Waals surface area contributed by atoms with E-state index in [2.05, 4.69) is 20.4 Å². The van der Waals surface area contributed by atoms with E-state index in [1.807, 2.05) is 27.7 Å². The number of hydrogen-bond donors (Lipinski definition) is 0. The molecule has 0 aliphatic heterocycles. The van der Waals surface area contributed by atoms with E-state index in [9.17, 15) is 4.79 Å². The Bertz CT molecular complexity index is 153. The average molecular weight is 232 g/mol. The number of carbonyl (C=O) groups excluding carboxylic acids is 1. The Labute approximate surface area is 101 Å². The van der Waals surface area contributed by atoms with Crippen LogP contribution in [-0.2, 0) is 4.79 Å². The van der Waals surface area contributed by atoms with Crippen LogP contribution in [0.1, 0.15) is 61.3 Å². The Balaban J connectivity index is -0.000000318. The molecule has 1 atom stereocenters. The molecule has 0 radical (unpaired) electrons. The molecule has 0 aliphatic rings.